The van der Waals surface area contributed by atoms with Crippen LogP contribution in [0.25, 0.3) is 0 Å². The number of furan rings is 1. The lowest BCUT2D eigenvalue weighted by atomic mass is 10.1. The van der Waals surface area contributed by atoms with E-state index in [9.17, 15) is 0 Å². The normalized spacial score (nSPS) is 13.4. The Balaban J connectivity index is 2.25. The minimum Gasteiger partial charge on any atom is -0.468 e. The first-order chi connectivity index (χ1) is 7.11. The molecule has 1 aromatic heterocycles. The smallest absolute Gasteiger partial charge is 0.120 e. The summed E-state index contributed by atoms with van der Waals surface area (Å²) >= 11 is 3.48. The van der Waals surface area contributed by atoms with Crippen molar-refractivity contribution >= 4 is 15.9 Å². The van der Waals surface area contributed by atoms with Crippen molar-refractivity contribution in [2.75, 3.05) is 13.1 Å². The maximum Gasteiger partial charge on any atom is 0.120 e. The first kappa shape index (κ1) is 12.8. The van der Waals surface area contributed by atoms with E-state index in [1.165, 1.54) is 0 Å². The fourth-order valence-corrected chi connectivity index (χ4v) is 2.09. The molecule has 1 atom stereocenters. The van der Waals surface area contributed by atoms with Gasteiger partial charge in [0.1, 0.15) is 5.76 Å². The van der Waals surface area contributed by atoms with Gasteiger partial charge >= 0.3 is 0 Å². The van der Waals surface area contributed by atoms with E-state index in [0.717, 1.165) is 35.7 Å². The highest BCUT2D eigenvalue weighted by molar-refractivity contribution is 9.10. The third kappa shape index (κ3) is 4.39. The number of hydrogen-bond donors (Lipinski definition) is 1. The minimum atomic E-state index is 0.467. The van der Waals surface area contributed by atoms with Crippen LogP contribution in [0.15, 0.2) is 21.2 Å². The van der Waals surface area contributed by atoms with Crippen molar-refractivity contribution in [2.24, 2.45) is 5.92 Å². The Bertz CT molecular complexity index is 283. The maximum atomic E-state index is 5.43. The summed E-state index contributed by atoms with van der Waals surface area (Å²) in [5.74, 6) is 2.24. The van der Waals surface area contributed by atoms with Gasteiger partial charge in [-0.2, -0.15) is 0 Å². The molecule has 15 heavy (non-hydrogen) atoms. The molecule has 0 bridgehead atoms. The molecule has 0 aliphatic heterocycles. The lowest BCUT2D eigenvalue weighted by Gasteiger charge is -2.11. The summed E-state index contributed by atoms with van der Waals surface area (Å²) in [4.78, 5) is 0. The number of hydrogen-bond acceptors (Lipinski definition) is 2. The molecule has 0 saturated carbocycles. The number of nitrogens with one attached hydrogen (secondary N) is 1. The van der Waals surface area contributed by atoms with Crippen molar-refractivity contribution in [3.05, 3.63) is 22.6 Å². The van der Waals surface area contributed by atoms with Crippen molar-refractivity contribution in [1.29, 1.82) is 0 Å². The van der Waals surface area contributed by atoms with E-state index in [1.54, 1.807) is 6.26 Å². The Hall–Kier alpha value is -0.280. The van der Waals surface area contributed by atoms with E-state index < -0.39 is 0 Å². The van der Waals surface area contributed by atoms with Gasteiger partial charge in [-0.15, -0.1) is 0 Å². The number of halogens is 1. The van der Waals surface area contributed by atoms with Crippen LogP contribution in [0, 0.1) is 5.92 Å². The molecule has 1 unspecified atom stereocenters. The van der Waals surface area contributed by atoms with Gasteiger partial charge < -0.3 is 9.73 Å². The molecule has 0 radical (unpaired) electrons. The van der Waals surface area contributed by atoms with Crippen LogP contribution in [-0.4, -0.2) is 13.1 Å². The molecule has 0 saturated heterocycles. The van der Waals surface area contributed by atoms with Crippen LogP contribution in [0.1, 0.15) is 38.9 Å². The number of rotatable bonds is 6. The summed E-state index contributed by atoms with van der Waals surface area (Å²) < 4.78 is 6.51. The van der Waals surface area contributed by atoms with Crippen molar-refractivity contribution in [2.45, 2.75) is 33.1 Å². The minimum absolute atomic E-state index is 0.467. The summed E-state index contributed by atoms with van der Waals surface area (Å²) in [6.45, 7) is 8.78. The van der Waals surface area contributed by atoms with Crippen LogP contribution < -0.4 is 5.32 Å². The van der Waals surface area contributed by atoms with Gasteiger partial charge in [0, 0.05) is 5.92 Å². The average Bonchev–Trinajstić information content (AvgIpc) is 2.58. The zero-order chi connectivity index (χ0) is 11.3. The van der Waals surface area contributed by atoms with Gasteiger partial charge in [0.2, 0.25) is 0 Å². The topological polar surface area (TPSA) is 25.2 Å². The zero-order valence-electron chi connectivity index (χ0n) is 9.72. The average molecular weight is 274 g/mol. The lowest BCUT2D eigenvalue weighted by molar-refractivity contribution is 0.445. The molecule has 1 aromatic rings. The lowest BCUT2D eigenvalue weighted by Crippen LogP contribution is -2.21. The fraction of sp³-hybridized carbons (Fsp3) is 0.667. The summed E-state index contributed by atoms with van der Waals surface area (Å²) in [7, 11) is 0. The van der Waals surface area contributed by atoms with E-state index in [-0.39, 0.29) is 0 Å². The van der Waals surface area contributed by atoms with Gasteiger partial charge in [0.05, 0.1) is 10.7 Å². The molecule has 0 spiro atoms. The summed E-state index contributed by atoms with van der Waals surface area (Å²) in [5, 5.41) is 3.44. The maximum absolute atomic E-state index is 5.43. The second kappa shape index (κ2) is 6.33. The third-order valence-electron chi connectivity index (χ3n) is 2.40. The molecule has 1 rings (SSSR count). The van der Waals surface area contributed by atoms with Gasteiger partial charge in [0.15, 0.2) is 0 Å². The first-order valence-corrected chi connectivity index (χ1v) is 6.34. The highest BCUT2D eigenvalue weighted by atomic mass is 79.9. The third-order valence-corrected chi connectivity index (χ3v) is 3.05. The second-order valence-electron chi connectivity index (χ2n) is 4.42. The van der Waals surface area contributed by atoms with Gasteiger partial charge in [-0.25, -0.2) is 0 Å². The Labute approximate surface area is 101 Å². The predicted molar refractivity (Wildman–Crippen MR) is 67.1 cm³/mol. The van der Waals surface area contributed by atoms with Crippen molar-refractivity contribution in [3.63, 3.8) is 0 Å². The van der Waals surface area contributed by atoms with Crippen LogP contribution in [0.4, 0.5) is 0 Å². The van der Waals surface area contributed by atoms with E-state index in [1.807, 2.05) is 6.07 Å². The van der Waals surface area contributed by atoms with Crippen LogP contribution in [-0.2, 0) is 0 Å². The highest BCUT2D eigenvalue weighted by Crippen LogP contribution is 2.27. The van der Waals surface area contributed by atoms with Crippen LogP contribution in [0.3, 0.4) is 0 Å². The summed E-state index contributed by atoms with van der Waals surface area (Å²) in [6, 6.07) is 1.95. The van der Waals surface area contributed by atoms with Crippen molar-refractivity contribution < 1.29 is 4.42 Å². The van der Waals surface area contributed by atoms with Crippen LogP contribution in [0.2, 0.25) is 0 Å². The second-order valence-corrected chi connectivity index (χ2v) is 5.27. The van der Waals surface area contributed by atoms with Gasteiger partial charge in [-0.1, -0.05) is 20.8 Å². The molecular weight excluding hydrogens is 254 g/mol. The highest BCUT2D eigenvalue weighted by Gasteiger charge is 2.12. The van der Waals surface area contributed by atoms with Crippen LogP contribution in [0.5, 0.6) is 0 Å². The standard InChI is InChI=1S/C12H20BrNO/c1-9(2)8-14-6-4-10(3)12-11(13)5-7-15-12/h5,7,9-10,14H,4,6,8H2,1-3H3. The largest absolute Gasteiger partial charge is 0.468 e. The Morgan fingerprint density at radius 1 is 1.40 bits per heavy atom. The molecule has 0 amide bonds. The fourth-order valence-electron chi connectivity index (χ4n) is 1.50. The first-order valence-electron chi connectivity index (χ1n) is 5.55. The van der Waals surface area contributed by atoms with E-state index in [4.69, 9.17) is 4.42 Å². The predicted octanol–water partition coefficient (Wildman–Crippen LogP) is 3.78. The Morgan fingerprint density at radius 2 is 2.13 bits per heavy atom. The molecule has 2 nitrogen and oxygen atoms in total. The van der Waals surface area contributed by atoms with E-state index in [0.29, 0.717) is 5.92 Å². The molecule has 0 aromatic carbocycles. The summed E-state index contributed by atoms with van der Waals surface area (Å²) in [6.07, 6.45) is 2.84. The van der Waals surface area contributed by atoms with Gasteiger partial charge in [-0.05, 0) is 47.4 Å². The molecule has 0 aliphatic rings. The van der Waals surface area contributed by atoms with Crippen LogP contribution >= 0.6 is 15.9 Å². The molecule has 1 heterocycles. The SMILES string of the molecule is CC(C)CNCCC(C)c1occc1Br. The quantitative estimate of drug-likeness (QED) is 0.798. The van der Waals surface area contributed by atoms with Gasteiger partial charge in [-0.3, -0.25) is 0 Å². The van der Waals surface area contributed by atoms with E-state index >= 15 is 0 Å². The zero-order valence-corrected chi connectivity index (χ0v) is 11.3. The van der Waals surface area contributed by atoms with Gasteiger partial charge in [0.25, 0.3) is 0 Å². The Morgan fingerprint density at radius 3 is 2.67 bits per heavy atom. The van der Waals surface area contributed by atoms with Crippen molar-refractivity contribution in [3.8, 4) is 0 Å². The summed E-state index contributed by atoms with van der Waals surface area (Å²) in [5.41, 5.74) is 0. The van der Waals surface area contributed by atoms with Crippen molar-refractivity contribution in [1.82, 2.24) is 5.32 Å². The molecular formula is C12H20BrNO. The monoisotopic (exact) mass is 273 g/mol. The molecule has 3 heteroatoms. The molecule has 1 N–H and O–H groups in total. The van der Waals surface area contributed by atoms with E-state index in [2.05, 4.69) is 42.0 Å². The molecule has 0 aliphatic carbocycles. The molecule has 0 fully saturated rings. The molecule has 86 valence electrons. The Kier molecular flexibility index (Phi) is 5.40.